The summed E-state index contributed by atoms with van der Waals surface area (Å²) in [5.74, 6) is -0.740. The van der Waals surface area contributed by atoms with Gasteiger partial charge in [0.2, 0.25) is 0 Å². The Morgan fingerprint density at radius 2 is 1.94 bits per heavy atom. The van der Waals surface area contributed by atoms with Crippen molar-refractivity contribution >= 4 is 11.9 Å². The van der Waals surface area contributed by atoms with Gasteiger partial charge in [0, 0.05) is 6.08 Å². The Labute approximate surface area is 95.3 Å². The Morgan fingerprint density at radius 3 is 2.50 bits per heavy atom. The van der Waals surface area contributed by atoms with Crippen LogP contribution in [-0.2, 0) is 19.1 Å². The first-order chi connectivity index (χ1) is 7.56. The van der Waals surface area contributed by atoms with Crippen LogP contribution < -0.4 is 0 Å². The van der Waals surface area contributed by atoms with E-state index in [0.717, 1.165) is 0 Å². The number of hydrogen-bond donors (Lipinski definition) is 0. The summed E-state index contributed by atoms with van der Waals surface area (Å²) in [5.41, 5.74) is 0. The SMILES string of the molecule is COC(=O)/C=C/C=C/CC(=O)OCN(C)C. The summed E-state index contributed by atoms with van der Waals surface area (Å²) in [5, 5.41) is 0. The molecule has 5 nitrogen and oxygen atoms in total. The number of esters is 2. The third kappa shape index (κ3) is 8.96. The summed E-state index contributed by atoms with van der Waals surface area (Å²) >= 11 is 0. The van der Waals surface area contributed by atoms with Crippen molar-refractivity contribution in [3.8, 4) is 0 Å². The van der Waals surface area contributed by atoms with Crippen molar-refractivity contribution < 1.29 is 19.1 Å². The lowest BCUT2D eigenvalue weighted by Crippen LogP contribution is -2.18. The molecule has 0 amide bonds. The number of methoxy groups -OCH3 is 1. The summed E-state index contributed by atoms with van der Waals surface area (Å²) in [6.07, 6.45) is 6.15. The summed E-state index contributed by atoms with van der Waals surface area (Å²) in [6, 6.07) is 0. The lowest BCUT2D eigenvalue weighted by molar-refractivity contribution is -0.146. The molecule has 0 rings (SSSR count). The van der Waals surface area contributed by atoms with Crippen LogP contribution in [0.5, 0.6) is 0 Å². The molecule has 0 heterocycles. The minimum Gasteiger partial charge on any atom is -0.466 e. The second-order valence-corrected chi connectivity index (χ2v) is 3.24. The van der Waals surface area contributed by atoms with Crippen molar-refractivity contribution in [1.29, 1.82) is 0 Å². The zero-order chi connectivity index (χ0) is 12.4. The Kier molecular flexibility index (Phi) is 7.79. The monoisotopic (exact) mass is 227 g/mol. The van der Waals surface area contributed by atoms with Gasteiger partial charge in [0.15, 0.2) is 0 Å². The minimum absolute atomic E-state index is 0.180. The molecule has 16 heavy (non-hydrogen) atoms. The van der Waals surface area contributed by atoms with Gasteiger partial charge in [-0.15, -0.1) is 0 Å². The van der Waals surface area contributed by atoms with Crippen LogP contribution in [0.15, 0.2) is 24.3 Å². The van der Waals surface area contributed by atoms with E-state index in [0.29, 0.717) is 0 Å². The molecule has 5 heteroatoms. The molecule has 0 aliphatic heterocycles. The van der Waals surface area contributed by atoms with Gasteiger partial charge in [-0.05, 0) is 14.1 Å². The van der Waals surface area contributed by atoms with Gasteiger partial charge in [-0.25, -0.2) is 4.79 Å². The van der Waals surface area contributed by atoms with Crippen LogP contribution >= 0.6 is 0 Å². The molecular weight excluding hydrogens is 210 g/mol. The topological polar surface area (TPSA) is 55.8 Å². The van der Waals surface area contributed by atoms with Crippen LogP contribution in [0.4, 0.5) is 0 Å². The normalized spacial score (nSPS) is 11.2. The van der Waals surface area contributed by atoms with Gasteiger partial charge >= 0.3 is 11.9 Å². The van der Waals surface area contributed by atoms with Crippen LogP contribution in [0.25, 0.3) is 0 Å². The number of ether oxygens (including phenoxy) is 2. The summed E-state index contributed by atoms with van der Waals surface area (Å²) in [6.45, 7) is 0.269. The lowest BCUT2D eigenvalue weighted by Gasteiger charge is -2.08. The second-order valence-electron chi connectivity index (χ2n) is 3.24. The van der Waals surface area contributed by atoms with Crippen molar-refractivity contribution in [3.63, 3.8) is 0 Å². The molecule has 90 valence electrons. The van der Waals surface area contributed by atoms with Gasteiger partial charge in [-0.2, -0.15) is 0 Å². The van der Waals surface area contributed by atoms with Gasteiger partial charge in [-0.1, -0.05) is 18.2 Å². The van der Waals surface area contributed by atoms with Gasteiger partial charge in [0.25, 0.3) is 0 Å². The van der Waals surface area contributed by atoms with E-state index in [2.05, 4.69) is 4.74 Å². The molecule has 0 aromatic rings. The van der Waals surface area contributed by atoms with E-state index in [-0.39, 0.29) is 19.1 Å². The van der Waals surface area contributed by atoms with E-state index in [9.17, 15) is 9.59 Å². The molecular formula is C11H17NO4. The molecule has 0 aliphatic carbocycles. The fourth-order valence-electron chi connectivity index (χ4n) is 0.705. The fraction of sp³-hybridized carbons (Fsp3) is 0.455. The molecule has 0 spiro atoms. The van der Waals surface area contributed by atoms with Gasteiger partial charge in [-0.3, -0.25) is 9.69 Å². The highest BCUT2D eigenvalue weighted by Gasteiger charge is 1.99. The summed E-state index contributed by atoms with van der Waals surface area (Å²) < 4.78 is 9.26. The summed E-state index contributed by atoms with van der Waals surface area (Å²) in [7, 11) is 4.92. The number of rotatable bonds is 6. The van der Waals surface area contributed by atoms with Gasteiger partial charge in [0.05, 0.1) is 13.5 Å². The Morgan fingerprint density at radius 1 is 1.25 bits per heavy atom. The third-order valence-electron chi connectivity index (χ3n) is 1.45. The summed E-state index contributed by atoms with van der Waals surface area (Å²) in [4.78, 5) is 23.5. The maximum Gasteiger partial charge on any atom is 0.330 e. The molecule has 0 aliphatic rings. The molecule has 0 unspecified atom stereocenters. The lowest BCUT2D eigenvalue weighted by atomic mass is 10.3. The molecule has 0 saturated heterocycles. The van der Waals surface area contributed by atoms with E-state index >= 15 is 0 Å². The van der Waals surface area contributed by atoms with Crippen LogP contribution in [-0.4, -0.2) is 44.8 Å². The zero-order valence-corrected chi connectivity index (χ0v) is 9.80. The number of carbonyl (C=O) groups excluding carboxylic acids is 2. The van der Waals surface area contributed by atoms with Crippen LogP contribution in [0.2, 0.25) is 0 Å². The molecule has 0 saturated carbocycles. The molecule has 0 fully saturated rings. The van der Waals surface area contributed by atoms with E-state index in [4.69, 9.17) is 4.74 Å². The number of allylic oxidation sites excluding steroid dienone is 2. The molecule has 0 aromatic carbocycles. The van der Waals surface area contributed by atoms with Crippen molar-refractivity contribution in [1.82, 2.24) is 4.90 Å². The van der Waals surface area contributed by atoms with Crippen LogP contribution in [0, 0.1) is 0 Å². The smallest absolute Gasteiger partial charge is 0.330 e. The molecule has 0 radical (unpaired) electrons. The average molecular weight is 227 g/mol. The van der Waals surface area contributed by atoms with Crippen molar-refractivity contribution in [2.75, 3.05) is 27.9 Å². The number of nitrogens with zero attached hydrogens (tertiary/aromatic N) is 1. The maximum absolute atomic E-state index is 11.1. The van der Waals surface area contributed by atoms with E-state index in [1.165, 1.54) is 19.3 Å². The van der Waals surface area contributed by atoms with Gasteiger partial charge < -0.3 is 9.47 Å². The highest BCUT2D eigenvalue weighted by molar-refractivity contribution is 5.82. The van der Waals surface area contributed by atoms with Crippen molar-refractivity contribution in [2.45, 2.75) is 6.42 Å². The first-order valence-electron chi connectivity index (χ1n) is 4.77. The predicted molar refractivity (Wildman–Crippen MR) is 59.6 cm³/mol. The first kappa shape index (κ1) is 14.4. The van der Waals surface area contributed by atoms with Crippen LogP contribution in [0.1, 0.15) is 6.42 Å². The standard InChI is InChI=1S/C11H17NO4/c1-12(2)9-16-11(14)8-6-4-5-7-10(13)15-3/h4-7H,8-9H2,1-3H3/b6-4+,7-5+. The maximum atomic E-state index is 11.1. The highest BCUT2D eigenvalue weighted by atomic mass is 16.5. The van der Waals surface area contributed by atoms with Crippen LogP contribution in [0.3, 0.4) is 0 Å². The molecule has 0 N–H and O–H groups in total. The minimum atomic E-state index is -0.431. The zero-order valence-electron chi connectivity index (χ0n) is 9.80. The quantitative estimate of drug-likeness (QED) is 0.290. The Balaban J connectivity index is 3.71. The third-order valence-corrected chi connectivity index (χ3v) is 1.45. The Bertz CT molecular complexity index is 282. The van der Waals surface area contributed by atoms with Crippen molar-refractivity contribution in [2.24, 2.45) is 0 Å². The molecule has 0 atom stereocenters. The van der Waals surface area contributed by atoms with E-state index in [1.807, 2.05) is 14.1 Å². The first-order valence-corrected chi connectivity index (χ1v) is 4.77. The van der Waals surface area contributed by atoms with E-state index < -0.39 is 5.97 Å². The number of carbonyl (C=O) groups is 2. The predicted octanol–water partition coefficient (Wildman–Crippen LogP) is 0.724. The molecule has 0 aromatic heterocycles. The van der Waals surface area contributed by atoms with Crippen molar-refractivity contribution in [3.05, 3.63) is 24.3 Å². The fourth-order valence-corrected chi connectivity index (χ4v) is 0.705. The molecule has 0 bridgehead atoms. The number of hydrogen-bond acceptors (Lipinski definition) is 5. The van der Waals surface area contributed by atoms with Gasteiger partial charge in [0.1, 0.15) is 6.73 Å². The largest absolute Gasteiger partial charge is 0.466 e. The Hall–Kier alpha value is -1.62. The second kappa shape index (κ2) is 8.67. The average Bonchev–Trinajstić information content (AvgIpc) is 2.25. The highest BCUT2D eigenvalue weighted by Crippen LogP contribution is 1.90. The van der Waals surface area contributed by atoms with E-state index in [1.54, 1.807) is 17.1 Å².